The summed E-state index contributed by atoms with van der Waals surface area (Å²) < 4.78 is 5.57. The lowest BCUT2D eigenvalue weighted by atomic mass is 9.99. The van der Waals surface area contributed by atoms with Crippen LogP contribution in [0.25, 0.3) is 5.57 Å². The Bertz CT molecular complexity index is 854. The lowest BCUT2D eigenvalue weighted by molar-refractivity contribution is 0.176. The molecule has 0 aliphatic carbocycles. The molecule has 3 rings (SSSR count). The molecule has 3 aromatic carbocycles. The van der Waals surface area contributed by atoms with Gasteiger partial charge in [-0.3, -0.25) is 0 Å². The molecular weight excluding hydrogens is 338 g/mol. The smallest absolute Gasteiger partial charge is 0.129 e. The first-order valence-electron chi connectivity index (χ1n) is 8.42. The number of hydrogen-bond donors (Lipinski definition) is 0. The molecule has 130 valence electrons. The highest BCUT2D eigenvalue weighted by atomic mass is 32.2. The molecule has 0 bridgehead atoms. The lowest BCUT2D eigenvalue weighted by Gasteiger charge is -2.14. The monoisotopic (exact) mass is 359 g/mol. The Balaban J connectivity index is 2.13. The molecular formula is C23H21NOS. The first-order chi connectivity index (χ1) is 12.8. The number of methoxy groups -OCH3 is 1. The Hall–Kier alpha value is -2.58. The van der Waals surface area contributed by atoms with E-state index in [0.717, 1.165) is 28.0 Å². The van der Waals surface area contributed by atoms with Gasteiger partial charge in [-0.15, -0.1) is 11.8 Å². The molecule has 0 amide bonds. The van der Waals surface area contributed by atoms with Crippen molar-refractivity contribution in [3.8, 4) is 0 Å². The molecule has 3 heteroatoms. The molecule has 1 atom stereocenters. The molecule has 0 heterocycles. The predicted molar refractivity (Wildman–Crippen MR) is 112 cm³/mol. The average Bonchev–Trinajstić information content (AvgIpc) is 2.72. The normalized spacial score (nSPS) is 11.5. The Morgan fingerprint density at radius 2 is 1.38 bits per heavy atom. The van der Waals surface area contributed by atoms with Gasteiger partial charge in [0.2, 0.25) is 0 Å². The molecule has 0 fully saturated rings. The van der Waals surface area contributed by atoms with Crippen molar-refractivity contribution >= 4 is 28.9 Å². The SMILES string of the molecule is COC(SC)c1ccccc1N=C=C(c1ccccc1)c1ccccc1. The van der Waals surface area contributed by atoms with E-state index < -0.39 is 0 Å². The Kier molecular flexibility index (Phi) is 6.45. The summed E-state index contributed by atoms with van der Waals surface area (Å²) >= 11 is 1.65. The summed E-state index contributed by atoms with van der Waals surface area (Å²) in [7, 11) is 1.72. The van der Waals surface area contributed by atoms with Gasteiger partial charge < -0.3 is 4.74 Å². The first kappa shape index (κ1) is 18.2. The molecule has 1 unspecified atom stereocenters. The van der Waals surface area contributed by atoms with E-state index in [1.807, 2.05) is 60.9 Å². The standard InChI is InChI=1S/C23H21NOS/c1-25-23(26-2)20-15-9-10-16-22(20)24-17-21(18-11-5-3-6-12-18)19-13-7-4-8-14-19/h3-16,23H,1-2H3. The average molecular weight is 359 g/mol. The summed E-state index contributed by atoms with van der Waals surface area (Å²) in [5, 5.41) is 0. The van der Waals surface area contributed by atoms with Gasteiger partial charge in [0.05, 0.1) is 11.3 Å². The van der Waals surface area contributed by atoms with E-state index in [0.29, 0.717) is 0 Å². The quantitative estimate of drug-likeness (QED) is 0.390. The fraction of sp³-hybridized carbons (Fsp3) is 0.130. The Labute approximate surface area is 159 Å². The second-order valence-electron chi connectivity index (χ2n) is 5.69. The third kappa shape index (κ3) is 4.33. The maximum atomic E-state index is 5.57. The number of rotatable bonds is 6. The molecule has 3 aromatic rings. The maximum Gasteiger partial charge on any atom is 0.129 e. The van der Waals surface area contributed by atoms with Crippen LogP contribution in [-0.4, -0.2) is 19.2 Å². The van der Waals surface area contributed by atoms with Crippen molar-refractivity contribution < 1.29 is 4.74 Å². The summed E-state index contributed by atoms with van der Waals surface area (Å²) in [5.41, 5.74) is 5.03. The molecule has 0 radical (unpaired) electrons. The molecule has 0 aromatic heterocycles. The van der Waals surface area contributed by atoms with Crippen LogP contribution < -0.4 is 0 Å². The van der Waals surface area contributed by atoms with Crippen molar-refractivity contribution in [1.82, 2.24) is 0 Å². The molecule has 0 aliphatic heterocycles. The van der Waals surface area contributed by atoms with Gasteiger partial charge in [-0.2, -0.15) is 0 Å². The van der Waals surface area contributed by atoms with Gasteiger partial charge >= 0.3 is 0 Å². The van der Waals surface area contributed by atoms with Crippen LogP contribution in [-0.2, 0) is 4.74 Å². The molecule has 0 N–H and O–H groups in total. The highest BCUT2D eigenvalue weighted by molar-refractivity contribution is 7.98. The highest BCUT2D eigenvalue weighted by Gasteiger charge is 2.12. The third-order valence-corrected chi connectivity index (χ3v) is 4.91. The first-order valence-corrected chi connectivity index (χ1v) is 9.71. The van der Waals surface area contributed by atoms with E-state index in [-0.39, 0.29) is 5.44 Å². The maximum absolute atomic E-state index is 5.57. The van der Waals surface area contributed by atoms with E-state index >= 15 is 0 Å². The number of hydrogen-bond acceptors (Lipinski definition) is 3. The minimum Gasteiger partial charge on any atom is -0.366 e. The lowest BCUT2D eigenvalue weighted by Crippen LogP contribution is -1.96. The number of ether oxygens (including phenoxy) is 1. The minimum atomic E-state index is -0.0475. The Morgan fingerprint density at radius 3 is 1.92 bits per heavy atom. The van der Waals surface area contributed by atoms with E-state index in [1.54, 1.807) is 18.9 Å². The van der Waals surface area contributed by atoms with Crippen LogP contribution >= 0.6 is 11.8 Å². The third-order valence-electron chi connectivity index (χ3n) is 4.03. The second-order valence-corrected chi connectivity index (χ2v) is 6.59. The van der Waals surface area contributed by atoms with Gasteiger partial charge in [-0.05, 0) is 29.3 Å². The van der Waals surface area contributed by atoms with Crippen LogP contribution in [0, 0.1) is 0 Å². The van der Waals surface area contributed by atoms with E-state index in [2.05, 4.69) is 36.2 Å². The molecule has 0 spiro atoms. The van der Waals surface area contributed by atoms with Gasteiger partial charge in [0.1, 0.15) is 5.44 Å². The molecule has 2 nitrogen and oxygen atoms in total. The number of thioether (sulfide) groups is 1. The topological polar surface area (TPSA) is 21.6 Å². The summed E-state index contributed by atoms with van der Waals surface area (Å²) in [6, 6.07) is 28.5. The van der Waals surface area contributed by atoms with Crippen molar-refractivity contribution in [2.24, 2.45) is 4.99 Å². The van der Waals surface area contributed by atoms with Crippen LogP contribution in [0.1, 0.15) is 22.1 Å². The second kappa shape index (κ2) is 9.21. The van der Waals surface area contributed by atoms with Gasteiger partial charge in [0, 0.05) is 12.7 Å². The van der Waals surface area contributed by atoms with Crippen LogP contribution in [0.5, 0.6) is 0 Å². The zero-order valence-electron chi connectivity index (χ0n) is 14.9. The van der Waals surface area contributed by atoms with Gasteiger partial charge in [-0.25, -0.2) is 4.99 Å². The molecule has 0 aliphatic rings. The molecule has 26 heavy (non-hydrogen) atoms. The van der Waals surface area contributed by atoms with Crippen molar-refractivity contribution in [2.45, 2.75) is 5.44 Å². The number of benzene rings is 3. The Morgan fingerprint density at radius 1 is 0.846 bits per heavy atom. The van der Waals surface area contributed by atoms with Crippen LogP contribution in [0.4, 0.5) is 5.69 Å². The number of aliphatic imine (C=N–C) groups is 1. The fourth-order valence-corrected chi connectivity index (χ4v) is 3.41. The predicted octanol–water partition coefficient (Wildman–Crippen LogP) is 6.13. The van der Waals surface area contributed by atoms with E-state index in [9.17, 15) is 0 Å². The summed E-state index contributed by atoms with van der Waals surface area (Å²) in [6.45, 7) is 0. The van der Waals surface area contributed by atoms with Gasteiger partial charge in [0.25, 0.3) is 0 Å². The van der Waals surface area contributed by atoms with Gasteiger partial charge in [0.15, 0.2) is 0 Å². The fourth-order valence-electron chi connectivity index (χ4n) is 2.76. The van der Waals surface area contributed by atoms with E-state index in [4.69, 9.17) is 9.73 Å². The minimum absolute atomic E-state index is 0.0475. The number of nitrogens with zero attached hydrogens (tertiary/aromatic N) is 1. The van der Waals surface area contributed by atoms with Crippen LogP contribution in [0.3, 0.4) is 0 Å². The largest absolute Gasteiger partial charge is 0.366 e. The zero-order chi connectivity index (χ0) is 18.2. The summed E-state index contributed by atoms with van der Waals surface area (Å²) in [5.74, 6) is 3.29. The van der Waals surface area contributed by atoms with Crippen molar-refractivity contribution in [1.29, 1.82) is 0 Å². The van der Waals surface area contributed by atoms with Crippen molar-refractivity contribution in [3.05, 3.63) is 102 Å². The highest BCUT2D eigenvalue weighted by Crippen LogP contribution is 2.34. The van der Waals surface area contributed by atoms with Crippen LogP contribution in [0.2, 0.25) is 0 Å². The van der Waals surface area contributed by atoms with Gasteiger partial charge in [-0.1, -0.05) is 78.9 Å². The zero-order valence-corrected chi connectivity index (χ0v) is 15.7. The van der Waals surface area contributed by atoms with Crippen molar-refractivity contribution in [3.63, 3.8) is 0 Å². The van der Waals surface area contributed by atoms with Crippen molar-refractivity contribution in [2.75, 3.05) is 13.4 Å². The number of para-hydroxylation sites is 1. The van der Waals surface area contributed by atoms with Crippen LogP contribution in [0.15, 0.2) is 89.9 Å². The van der Waals surface area contributed by atoms with E-state index in [1.165, 1.54) is 0 Å². The molecule has 0 saturated carbocycles. The molecule has 0 saturated heterocycles. The summed E-state index contributed by atoms with van der Waals surface area (Å²) in [4.78, 5) is 4.70. The summed E-state index contributed by atoms with van der Waals surface area (Å²) in [6.07, 6.45) is 2.03.